The third-order valence-electron chi connectivity index (χ3n) is 7.65. The van der Waals surface area contributed by atoms with Gasteiger partial charge in [0.15, 0.2) is 0 Å². The van der Waals surface area contributed by atoms with Crippen LogP contribution in [0.15, 0.2) is 48.5 Å². The van der Waals surface area contributed by atoms with Crippen LogP contribution in [0.3, 0.4) is 0 Å². The minimum Gasteiger partial charge on any atom is -0.480 e. The average Bonchev–Trinajstić information content (AvgIpc) is 3.54. The van der Waals surface area contributed by atoms with E-state index in [0.717, 1.165) is 35.1 Å². The number of aliphatic hydroxyl groups is 1. The fourth-order valence-corrected chi connectivity index (χ4v) is 5.96. The van der Waals surface area contributed by atoms with Crippen LogP contribution in [-0.2, 0) is 14.3 Å². The minimum atomic E-state index is -1.13. The monoisotopic (exact) mass is 478 g/mol. The molecule has 1 heterocycles. The Labute approximate surface area is 203 Å². The maximum absolute atomic E-state index is 13.0. The lowest BCUT2D eigenvalue weighted by molar-refractivity contribution is -0.148. The molecule has 3 aliphatic rings. The zero-order valence-electron chi connectivity index (χ0n) is 19.5. The summed E-state index contributed by atoms with van der Waals surface area (Å²) in [5.41, 5.74) is 3.78. The molecule has 8 nitrogen and oxygen atoms in total. The van der Waals surface area contributed by atoms with E-state index < -0.39 is 29.7 Å². The SMILES string of the molecule is O=C(NC1(CC(=O)N2C[C@H](O)C[C@@H]2C(=O)O)CCCC1)OCC1c2ccccc2-c2ccccc21. The zero-order valence-corrected chi connectivity index (χ0v) is 19.5. The van der Waals surface area contributed by atoms with Crippen LogP contribution < -0.4 is 5.32 Å². The standard InChI is InChI=1S/C27H30N2O6/c30-17-13-23(25(32)33)29(15-17)24(31)14-27(11-5-6-12-27)28-26(34)35-16-22-20-9-3-1-7-18(20)19-8-2-4-10-21(19)22/h1-4,7-10,17,22-23,30H,5-6,11-16H2,(H,28,34)(H,32,33)/t17-,23-/m1/s1. The summed E-state index contributed by atoms with van der Waals surface area (Å²) in [6.07, 6.45) is 1.56. The van der Waals surface area contributed by atoms with E-state index in [0.29, 0.717) is 12.8 Å². The van der Waals surface area contributed by atoms with Gasteiger partial charge in [0.1, 0.15) is 12.6 Å². The van der Waals surface area contributed by atoms with Crippen molar-refractivity contribution in [2.24, 2.45) is 0 Å². The molecule has 1 saturated heterocycles. The van der Waals surface area contributed by atoms with Gasteiger partial charge in [0.2, 0.25) is 5.91 Å². The number of hydrogen-bond donors (Lipinski definition) is 3. The van der Waals surface area contributed by atoms with Gasteiger partial charge in [0, 0.05) is 18.9 Å². The first-order chi connectivity index (χ1) is 16.9. The Morgan fingerprint density at radius 1 is 1.00 bits per heavy atom. The fourth-order valence-electron chi connectivity index (χ4n) is 5.96. The van der Waals surface area contributed by atoms with Crippen molar-refractivity contribution in [3.63, 3.8) is 0 Å². The number of benzene rings is 2. The molecule has 184 valence electrons. The number of β-amino-alcohol motifs (C(OH)–C–C–N with tert-alkyl or cyclic N) is 1. The Morgan fingerprint density at radius 3 is 2.20 bits per heavy atom. The number of carboxylic acid groups (broad SMARTS) is 1. The molecule has 8 heteroatoms. The fraction of sp³-hybridized carbons (Fsp3) is 0.444. The van der Waals surface area contributed by atoms with Crippen molar-refractivity contribution in [3.05, 3.63) is 59.7 Å². The summed E-state index contributed by atoms with van der Waals surface area (Å²) in [6.45, 7) is 0.181. The van der Waals surface area contributed by atoms with Crippen LogP contribution in [0, 0.1) is 0 Å². The third-order valence-corrected chi connectivity index (χ3v) is 7.65. The van der Waals surface area contributed by atoms with Crippen molar-refractivity contribution in [3.8, 4) is 11.1 Å². The number of rotatable bonds is 6. The average molecular weight is 479 g/mol. The third kappa shape index (κ3) is 4.50. The Kier molecular flexibility index (Phi) is 6.23. The minimum absolute atomic E-state index is 0.00315. The van der Waals surface area contributed by atoms with E-state index in [1.54, 1.807) is 0 Å². The second kappa shape index (κ2) is 9.34. The van der Waals surface area contributed by atoms with Crippen molar-refractivity contribution < 1.29 is 29.3 Å². The number of nitrogens with zero attached hydrogens (tertiary/aromatic N) is 1. The molecule has 3 N–H and O–H groups in total. The smallest absolute Gasteiger partial charge is 0.407 e. The van der Waals surface area contributed by atoms with Crippen LogP contribution in [0.4, 0.5) is 4.79 Å². The molecule has 0 unspecified atom stereocenters. The van der Waals surface area contributed by atoms with Gasteiger partial charge in [-0.05, 0) is 35.1 Å². The lowest BCUT2D eigenvalue weighted by Crippen LogP contribution is -2.51. The molecule has 2 amide bonds. The second-order valence-electron chi connectivity index (χ2n) is 9.90. The van der Waals surface area contributed by atoms with Crippen LogP contribution in [0.5, 0.6) is 0 Å². The predicted octanol–water partition coefficient (Wildman–Crippen LogP) is 3.27. The van der Waals surface area contributed by atoms with Gasteiger partial charge in [-0.25, -0.2) is 9.59 Å². The van der Waals surface area contributed by atoms with Crippen LogP contribution in [-0.4, -0.2) is 63.9 Å². The molecule has 2 aromatic carbocycles. The number of ether oxygens (including phenoxy) is 1. The van der Waals surface area contributed by atoms with Gasteiger partial charge >= 0.3 is 12.1 Å². The highest BCUT2D eigenvalue weighted by atomic mass is 16.5. The number of likely N-dealkylation sites (tertiary alicyclic amines) is 1. The summed E-state index contributed by atoms with van der Waals surface area (Å²) in [5, 5.41) is 22.3. The van der Waals surface area contributed by atoms with Crippen molar-refractivity contribution in [1.82, 2.24) is 10.2 Å². The van der Waals surface area contributed by atoms with Gasteiger partial charge in [-0.1, -0.05) is 61.4 Å². The number of aliphatic carboxylic acids is 1. The first kappa shape index (κ1) is 23.4. The molecule has 0 bridgehead atoms. The first-order valence-electron chi connectivity index (χ1n) is 12.2. The molecule has 5 rings (SSSR count). The van der Waals surface area contributed by atoms with Crippen molar-refractivity contribution in [2.45, 2.75) is 62.1 Å². The number of carbonyl (C=O) groups is 3. The van der Waals surface area contributed by atoms with Crippen LogP contribution in [0.1, 0.15) is 55.6 Å². The highest BCUT2D eigenvalue weighted by Crippen LogP contribution is 2.44. The largest absolute Gasteiger partial charge is 0.480 e. The molecule has 35 heavy (non-hydrogen) atoms. The van der Waals surface area contributed by atoms with E-state index >= 15 is 0 Å². The summed E-state index contributed by atoms with van der Waals surface area (Å²) < 4.78 is 5.70. The molecule has 0 radical (unpaired) electrons. The van der Waals surface area contributed by atoms with E-state index in [-0.39, 0.29) is 37.8 Å². The van der Waals surface area contributed by atoms with E-state index in [2.05, 4.69) is 29.6 Å². The highest BCUT2D eigenvalue weighted by molar-refractivity contribution is 5.85. The van der Waals surface area contributed by atoms with Crippen molar-refractivity contribution in [2.75, 3.05) is 13.2 Å². The topological polar surface area (TPSA) is 116 Å². The molecule has 2 fully saturated rings. The summed E-state index contributed by atoms with van der Waals surface area (Å²) in [5.74, 6) is -1.55. The molecule has 0 aromatic heterocycles. The van der Waals surface area contributed by atoms with Crippen LogP contribution in [0.25, 0.3) is 11.1 Å². The Morgan fingerprint density at radius 2 is 1.60 bits per heavy atom. The molecule has 0 spiro atoms. The summed E-state index contributed by atoms with van der Waals surface area (Å²) in [4.78, 5) is 38.7. The lowest BCUT2D eigenvalue weighted by Gasteiger charge is -2.32. The van der Waals surface area contributed by atoms with Gasteiger partial charge in [-0.3, -0.25) is 4.79 Å². The van der Waals surface area contributed by atoms with E-state index in [1.165, 1.54) is 4.90 Å². The number of nitrogens with one attached hydrogen (secondary N) is 1. The zero-order chi connectivity index (χ0) is 24.6. The summed E-state index contributed by atoms with van der Waals surface area (Å²) >= 11 is 0. The van der Waals surface area contributed by atoms with Crippen LogP contribution >= 0.6 is 0 Å². The van der Waals surface area contributed by atoms with E-state index in [1.807, 2.05) is 24.3 Å². The van der Waals surface area contributed by atoms with Gasteiger partial charge in [0.25, 0.3) is 0 Å². The summed E-state index contributed by atoms with van der Waals surface area (Å²) in [6, 6.07) is 15.2. The van der Waals surface area contributed by atoms with Crippen LogP contribution in [0.2, 0.25) is 0 Å². The molecular formula is C27H30N2O6. The molecular weight excluding hydrogens is 448 g/mol. The van der Waals surface area contributed by atoms with Gasteiger partial charge in [-0.15, -0.1) is 0 Å². The van der Waals surface area contributed by atoms with Gasteiger partial charge in [0.05, 0.1) is 18.1 Å². The first-order valence-corrected chi connectivity index (χ1v) is 12.2. The number of alkyl carbamates (subject to hydrolysis) is 1. The van der Waals surface area contributed by atoms with E-state index in [9.17, 15) is 24.6 Å². The number of aliphatic hydroxyl groups excluding tert-OH is 1. The maximum Gasteiger partial charge on any atom is 0.407 e. The number of carboxylic acids is 1. The number of hydrogen-bond acceptors (Lipinski definition) is 5. The Bertz CT molecular complexity index is 1100. The molecule has 1 saturated carbocycles. The quantitative estimate of drug-likeness (QED) is 0.587. The molecule has 2 atom stereocenters. The predicted molar refractivity (Wildman–Crippen MR) is 128 cm³/mol. The number of fused-ring (bicyclic) bond motifs is 3. The molecule has 1 aliphatic heterocycles. The maximum atomic E-state index is 13.0. The normalized spacial score (nSPS) is 22.5. The Hall–Kier alpha value is -3.39. The van der Waals surface area contributed by atoms with Crippen molar-refractivity contribution >= 4 is 18.0 Å². The highest BCUT2D eigenvalue weighted by Gasteiger charge is 2.44. The lowest BCUT2D eigenvalue weighted by atomic mass is 9.92. The van der Waals surface area contributed by atoms with Crippen molar-refractivity contribution in [1.29, 1.82) is 0 Å². The second-order valence-corrected chi connectivity index (χ2v) is 9.90. The number of carbonyl (C=O) groups excluding carboxylic acids is 2. The molecule has 2 aliphatic carbocycles. The summed E-state index contributed by atoms with van der Waals surface area (Å²) in [7, 11) is 0. The van der Waals surface area contributed by atoms with E-state index in [4.69, 9.17) is 4.74 Å². The number of amides is 2. The van der Waals surface area contributed by atoms with Gasteiger partial charge in [-0.2, -0.15) is 0 Å². The molecule has 2 aromatic rings. The Balaban J connectivity index is 1.25. The van der Waals surface area contributed by atoms with Gasteiger partial charge < -0.3 is 25.2 Å².